The lowest BCUT2D eigenvalue weighted by molar-refractivity contribution is 0.0378. The Morgan fingerprint density at radius 1 is 1.05 bits per heavy atom. The lowest BCUT2D eigenvalue weighted by Crippen LogP contribution is -2.11. The lowest BCUT2D eigenvalue weighted by atomic mass is 10.0. The summed E-state index contributed by atoms with van der Waals surface area (Å²) in [4.78, 5) is 11.9. The molecule has 0 aliphatic carbocycles. The second-order valence-electron chi connectivity index (χ2n) is 4.96. The standard InChI is InChI=1S/C16H14N2O2/c1-10(2)20-16(19)13-4-3-11-9-15-12(5-6-17-18-15)7-14(11)8-13/h3-10H,1-2H3. The molecule has 3 aromatic rings. The predicted molar refractivity (Wildman–Crippen MR) is 77.6 cm³/mol. The first-order valence-electron chi connectivity index (χ1n) is 6.50. The largest absolute Gasteiger partial charge is 0.459 e. The Hall–Kier alpha value is -2.49. The molecule has 100 valence electrons. The molecule has 0 saturated carbocycles. The second kappa shape index (κ2) is 4.89. The highest BCUT2D eigenvalue weighted by Gasteiger charge is 2.10. The highest BCUT2D eigenvalue weighted by molar-refractivity contribution is 6.00. The van der Waals surface area contributed by atoms with Crippen molar-refractivity contribution in [2.24, 2.45) is 0 Å². The van der Waals surface area contributed by atoms with E-state index in [-0.39, 0.29) is 12.1 Å². The fraction of sp³-hybridized carbons (Fsp3) is 0.188. The van der Waals surface area contributed by atoms with Gasteiger partial charge in [0.25, 0.3) is 0 Å². The second-order valence-corrected chi connectivity index (χ2v) is 4.96. The highest BCUT2D eigenvalue weighted by atomic mass is 16.5. The Morgan fingerprint density at radius 2 is 1.90 bits per heavy atom. The first-order chi connectivity index (χ1) is 9.63. The van der Waals surface area contributed by atoms with E-state index in [4.69, 9.17) is 4.74 Å². The Labute approximate surface area is 116 Å². The van der Waals surface area contributed by atoms with E-state index in [1.807, 2.05) is 44.2 Å². The molecule has 0 N–H and O–H groups in total. The molecule has 4 heteroatoms. The quantitative estimate of drug-likeness (QED) is 0.527. The number of ether oxygens (including phenoxy) is 1. The molecule has 20 heavy (non-hydrogen) atoms. The summed E-state index contributed by atoms with van der Waals surface area (Å²) in [6.45, 7) is 3.68. The molecule has 0 aliphatic rings. The molecule has 2 aromatic carbocycles. The molecule has 0 aliphatic heterocycles. The minimum Gasteiger partial charge on any atom is -0.459 e. The first-order valence-corrected chi connectivity index (χ1v) is 6.50. The van der Waals surface area contributed by atoms with Gasteiger partial charge < -0.3 is 4.74 Å². The number of esters is 1. The van der Waals surface area contributed by atoms with Gasteiger partial charge in [-0.05, 0) is 55.0 Å². The molecule has 1 aromatic heterocycles. The fourth-order valence-electron chi connectivity index (χ4n) is 2.14. The van der Waals surface area contributed by atoms with Crippen molar-refractivity contribution in [1.29, 1.82) is 0 Å². The van der Waals surface area contributed by atoms with Crippen molar-refractivity contribution < 1.29 is 9.53 Å². The van der Waals surface area contributed by atoms with Crippen LogP contribution in [0.15, 0.2) is 42.6 Å². The zero-order chi connectivity index (χ0) is 14.1. The van der Waals surface area contributed by atoms with Gasteiger partial charge in [0, 0.05) is 5.39 Å². The number of benzene rings is 2. The molecular weight excluding hydrogens is 252 g/mol. The number of hydrogen-bond acceptors (Lipinski definition) is 4. The van der Waals surface area contributed by atoms with Gasteiger partial charge in [0.05, 0.1) is 23.4 Å². The summed E-state index contributed by atoms with van der Waals surface area (Å²) in [5, 5.41) is 11.0. The van der Waals surface area contributed by atoms with Crippen LogP contribution in [0.2, 0.25) is 0 Å². The van der Waals surface area contributed by atoms with Crippen molar-refractivity contribution in [3.63, 3.8) is 0 Å². The fourth-order valence-corrected chi connectivity index (χ4v) is 2.14. The Morgan fingerprint density at radius 3 is 2.70 bits per heavy atom. The summed E-state index contributed by atoms with van der Waals surface area (Å²) in [6.07, 6.45) is 1.54. The maximum absolute atomic E-state index is 11.9. The van der Waals surface area contributed by atoms with Crippen molar-refractivity contribution in [2.45, 2.75) is 20.0 Å². The molecule has 4 nitrogen and oxygen atoms in total. The summed E-state index contributed by atoms with van der Waals surface area (Å²) >= 11 is 0. The zero-order valence-electron chi connectivity index (χ0n) is 11.3. The number of aromatic nitrogens is 2. The van der Waals surface area contributed by atoms with Crippen molar-refractivity contribution in [2.75, 3.05) is 0 Å². The molecule has 0 unspecified atom stereocenters. The maximum atomic E-state index is 11.9. The third-order valence-electron chi connectivity index (χ3n) is 3.05. The van der Waals surface area contributed by atoms with Crippen LogP contribution in [0.3, 0.4) is 0 Å². The van der Waals surface area contributed by atoms with Gasteiger partial charge in [0.1, 0.15) is 0 Å². The van der Waals surface area contributed by atoms with Gasteiger partial charge in [-0.2, -0.15) is 10.2 Å². The molecule has 0 atom stereocenters. The molecule has 1 heterocycles. The molecule has 0 bridgehead atoms. The van der Waals surface area contributed by atoms with Gasteiger partial charge in [-0.25, -0.2) is 4.79 Å². The van der Waals surface area contributed by atoms with Gasteiger partial charge in [0.15, 0.2) is 0 Å². The third kappa shape index (κ3) is 2.32. The SMILES string of the molecule is CC(C)OC(=O)c1ccc2cc3nnccc3cc2c1. The number of nitrogens with zero attached hydrogens (tertiary/aromatic N) is 2. The normalized spacial score (nSPS) is 11.2. The minimum atomic E-state index is -0.296. The Bertz CT molecular complexity index is 797. The lowest BCUT2D eigenvalue weighted by Gasteiger charge is -2.08. The third-order valence-corrected chi connectivity index (χ3v) is 3.05. The first kappa shape index (κ1) is 12.5. The number of carbonyl (C=O) groups excluding carboxylic acids is 1. The molecule has 0 radical (unpaired) electrons. The number of fused-ring (bicyclic) bond motifs is 2. The van der Waals surface area contributed by atoms with E-state index in [9.17, 15) is 4.79 Å². The van der Waals surface area contributed by atoms with Crippen LogP contribution in [0.4, 0.5) is 0 Å². The van der Waals surface area contributed by atoms with E-state index >= 15 is 0 Å². The van der Waals surface area contributed by atoms with E-state index in [1.165, 1.54) is 0 Å². The van der Waals surface area contributed by atoms with Gasteiger partial charge in [-0.15, -0.1) is 0 Å². The van der Waals surface area contributed by atoms with Crippen LogP contribution in [0.5, 0.6) is 0 Å². The molecule has 0 saturated heterocycles. The van der Waals surface area contributed by atoms with Crippen LogP contribution in [0, 0.1) is 0 Å². The Balaban J connectivity index is 2.10. The van der Waals surface area contributed by atoms with Crippen molar-refractivity contribution in [1.82, 2.24) is 10.2 Å². The average Bonchev–Trinajstić information content (AvgIpc) is 2.43. The summed E-state index contributed by atoms with van der Waals surface area (Å²) in [7, 11) is 0. The summed E-state index contributed by atoms with van der Waals surface area (Å²) in [6, 6.07) is 11.4. The molecular formula is C16H14N2O2. The highest BCUT2D eigenvalue weighted by Crippen LogP contribution is 2.22. The molecule has 3 rings (SSSR count). The predicted octanol–water partition coefficient (Wildman–Crippen LogP) is 3.35. The topological polar surface area (TPSA) is 52.1 Å². The summed E-state index contributed by atoms with van der Waals surface area (Å²) in [5.74, 6) is -0.296. The minimum absolute atomic E-state index is 0.120. The van der Waals surface area contributed by atoms with Crippen LogP contribution < -0.4 is 0 Å². The maximum Gasteiger partial charge on any atom is 0.338 e. The monoisotopic (exact) mass is 266 g/mol. The van der Waals surface area contributed by atoms with Crippen LogP contribution >= 0.6 is 0 Å². The van der Waals surface area contributed by atoms with E-state index in [1.54, 1.807) is 12.3 Å². The van der Waals surface area contributed by atoms with Crippen LogP contribution in [0.25, 0.3) is 21.7 Å². The van der Waals surface area contributed by atoms with Crippen LogP contribution in [-0.4, -0.2) is 22.3 Å². The van der Waals surface area contributed by atoms with E-state index < -0.39 is 0 Å². The number of hydrogen-bond donors (Lipinski definition) is 0. The molecule has 0 amide bonds. The number of rotatable bonds is 2. The summed E-state index contributed by atoms with van der Waals surface area (Å²) in [5.41, 5.74) is 1.41. The van der Waals surface area contributed by atoms with Crippen molar-refractivity contribution in [3.05, 3.63) is 48.2 Å². The van der Waals surface area contributed by atoms with E-state index in [2.05, 4.69) is 10.2 Å². The van der Waals surface area contributed by atoms with E-state index in [0.717, 1.165) is 21.7 Å². The van der Waals surface area contributed by atoms with Gasteiger partial charge in [-0.3, -0.25) is 0 Å². The van der Waals surface area contributed by atoms with Crippen molar-refractivity contribution >= 4 is 27.6 Å². The van der Waals surface area contributed by atoms with Crippen LogP contribution in [0.1, 0.15) is 24.2 Å². The van der Waals surface area contributed by atoms with E-state index in [0.29, 0.717) is 5.56 Å². The van der Waals surface area contributed by atoms with Crippen LogP contribution in [-0.2, 0) is 4.74 Å². The molecule has 0 spiro atoms. The Kier molecular flexibility index (Phi) is 3.06. The van der Waals surface area contributed by atoms with Gasteiger partial charge in [-0.1, -0.05) is 6.07 Å². The van der Waals surface area contributed by atoms with Crippen molar-refractivity contribution in [3.8, 4) is 0 Å². The summed E-state index contributed by atoms with van der Waals surface area (Å²) < 4.78 is 5.21. The smallest absolute Gasteiger partial charge is 0.338 e. The molecule has 0 fully saturated rings. The zero-order valence-corrected chi connectivity index (χ0v) is 11.3. The van der Waals surface area contributed by atoms with Gasteiger partial charge in [0.2, 0.25) is 0 Å². The number of carbonyl (C=O) groups is 1. The average molecular weight is 266 g/mol. The van der Waals surface area contributed by atoms with Gasteiger partial charge >= 0.3 is 5.97 Å².